The number of anilines is 2. The van der Waals surface area contributed by atoms with Crippen LogP contribution in [0, 0.1) is 6.92 Å². The van der Waals surface area contributed by atoms with Crippen LogP contribution >= 0.6 is 0 Å². The molecule has 1 aliphatic rings. The number of aryl methyl sites for hydroxylation is 3. The van der Waals surface area contributed by atoms with E-state index in [0.29, 0.717) is 54.5 Å². The van der Waals surface area contributed by atoms with Gasteiger partial charge in [0.25, 0.3) is 5.91 Å². The van der Waals surface area contributed by atoms with Crippen LogP contribution in [0.5, 0.6) is 5.75 Å². The lowest BCUT2D eigenvalue weighted by Gasteiger charge is -2.36. The Bertz CT molecular complexity index is 1680. The lowest BCUT2D eigenvalue weighted by molar-refractivity contribution is 0.0995. The number of hydrogen-bond acceptors (Lipinski definition) is 9. The second kappa shape index (κ2) is 13.6. The van der Waals surface area contributed by atoms with E-state index >= 15 is 0 Å². The van der Waals surface area contributed by atoms with Crippen molar-refractivity contribution in [2.45, 2.75) is 52.2 Å². The molecule has 15 heteroatoms. The first kappa shape index (κ1) is 31.2. The van der Waals surface area contributed by atoms with Gasteiger partial charge in [0, 0.05) is 63.8 Å². The number of imidazole rings is 1. The summed E-state index contributed by atoms with van der Waals surface area (Å²) in [4.78, 5) is 55.5. The SMILES string of the molecule is CCn1nc(C)cc1C(=O)Nc1nc2cc(C(N)=O)cc(OC)c2n1CCCNC(=O)N(C)C1CCN(c2ncccn2)CC1. The molecule has 5 rings (SSSR count). The van der Waals surface area contributed by atoms with Gasteiger partial charge in [-0.3, -0.25) is 19.6 Å². The number of nitrogens with zero attached hydrogens (tertiary/aromatic N) is 8. The Morgan fingerprint density at radius 3 is 2.53 bits per heavy atom. The van der Waals surface area contributed by atoms with Crippen LogP contribution in [-0.4, -0.2) is 91.9 Å². The lowest BCUT2D eigenvalue weighted by Crippen LogP contribution is -2.49. The van der Waals surface area contributed by atoms with Crippen molar-refractivity contribution >= 4 is 40.8 Å². The lowest BCUT2D eigenvalue weighted by atomic mass is 10.0. The summed E-state index contributed by atoms with van der Waals surface area (Å²) < 4.78 is 9.03. The number of methoxy groups -OCH3 is 1. The molecule has 238 valence electrons. The molecule has 0 unspecified atom stereocenters. The third kappa shape index (κ3) is 6.81. The molecule has 45 heavy (non-hydrogen) atoms. The molecule has 4 aromatic rings. The van der Waals surface area contributed by atoms with E-state index in [1.807, 2.05) is 25.5 Å². The van der Waals surface area contributed by atoms with E-state index in [1.54, 1.807) is 46.2 Å². The number of carbonyl (C=O) groups excluding carboxylic acids is 3. The van der Waals surface area contributed by atoms with Crippen LogP contribution in [0.2, 0.25) is 0 Å². The smallest absolute Gasteiger partial charge is 0.317 e. The molecule has 0 bridgehead atoms. The van der Waals surface area contributed by atoms with E-state index in [1.165, 1.54) is 7.11 Å². The molecule has 4 heterocycles. The number of carbonyl (C=O) groups is 3. The molecule has 3 aromatic heterocycles. The molecular weight excluding hydrogens is 578 g/mol. The number of hydrogen-bond donors (Lipinski definition) is 3. The van der Waals surface area contributed by atoms with Gasteiger partial charge in [0.05, 0.1) is 18.3 Å². The Labute approximate surface area is 260 Å². The predicted molar refractivity (Wildman–Crippen MR) is 168 cm³/mol. The van der Waals surface area contributed by atoms with Crippen LogP contribution in [0.1, 0.15) is 52.7 Å². The van der Waals surface area contributed by atoms with Gasteiger partial charge in [-0.15, -0.1) is 0 Å². The van der Waals surface area contributed by atoms with Crippen molar-refractivity contribution in [3.8, 4) is 5.75 Å². The zero-order chi connectivity index (χ0) is 32.1. The van der Waals surface area contributed by atoms with Crippen molar-refractivity contribution in [1.82, 2.24) is 39.5 Å². The highest BCUT2D eigenvalue weighted by molar-refractivity contribution is 6.04. The quantitative estimate of drug-likeness (QED) is 0.213. The number of benzene rings is 1. The van der Waals surface area contributed by atoms with Gasteiger partial charge in [-0.05, 0) is 57.4 Å². The van der Waals surface area contributed by atoms with Crippen molar-refractivity contribution in [1.29, 1.82) is 0 Å². The minimum Gasteiger partial charge on any atom is -0.494 e. The Morgan fingerprint density at radius 2 is 1.87 bits per heavy atom. The fourth-order valence-electron chi connectivity index (χ4n) is 5.61. The standard InChI is InChI=1S/C30H39N11O4/c1-5-41-23(16-19(2)37-41)27(43)36-29-35-22-17-20(26(31)42)18-24(45-4)25(22)40(29)13-7-12-34-30(44)38(3)21-8-14-39(15-9-21)28-32-10-6-11-33-28/h6,10-11,16-18,21H,5,7-9,12-15H2,1-4H3,(H2,31,42)(H,34,44)(H,35,36,43). The fourth-order valence-corrected chi connectivity index (χ4v) is 5.61. The summed E-state index contributed by atoms with van der Waals surface area (Å²) in [7, 11) is 3.31. The van der Waals surface area contributed by atoms with E-state index in [4.69, 9.17) is 10.5 Å². The van der Waals surface area contributed by atoms with Gasteiger partial charge in [0.1, 0.15) is 17.0 Å². The first-order valence-corrected chi connectivity index (χ1v) is 15.0. The second-order valence-corrected chi connectivity index (χ2v) is 10.9. The monoisotopic (exact) mass is 617 g/mol. The van der Waals surface area contributed by atoms with Gasteiger partial charge in [-0.1, -0.05) is 0 Å². The molecular formula is C30H39N11O4. The van der Waals surface area contributed by atoms with E-state index in [2.05, 4.69) is 35.6 Å². The summed E-state index contributed by atoms with van der Waals surface area (Å²) in [5, 5.41) is 10.3. The number of primary amides is 1. The maximum absolute atomic E-state index is 13.3. The minimum absolute atomic E-state index is 0.105. The van der Waals surface area contributed by atoms with Crippen molar-refractivity contribution in [2.24, 2.45) is 5.73 Å². The van der Waals surface area contributed by atoms with E-state index in [9.17, 15) is 14.4 Å². The van der Waals surface area contributed by atoms with Gasteiger partial charge >= 0.3 is 6.03 Å². The Morgan fingerprint density at radius 1 is 1.13 bits per heavy atom. The van der Waals surface area contributed by atoms with E-state index in [0.717, 1.165) is 31.6 Å². The highest BCUT2D eigenvalue weighted by Crippen LogP contribution is 2.31. The van der Waals surface area contributed by atoms with Gasteiger partial charge in [-0.2, -0.15) is 5.10 Å². The molecule has 0 aliphatic carbocycles. The zero-order valence-corrected chi connectivity index (χ0v) is 26.0. The summed E-state index contributed by atoms with van der Waals surface area (Å²) in [6, 6.07) is 6.58. The van der Waals surface area contributed by atoms with Gasteiger partial charge < -0.3 is 30.2 Å². The topological polar surface area (TPSA) is 178 Å². The summed E-state index contributed by atoms with van der Waals surface area (Å²) in [6.07, 6.45) is 5.62. The molecule has 1 aromatic carbocycles. The van der Waals surface area contributed by atoms with Crippen molar-refractivity contribution in [3.05, 3.63) is 53.6 Å². The maximum atomic E-state index is 13.3. The third-order valence-electron chi connectivity index (χ3n) is 7.97. The average Bonchev–Trinajstić information content (AvgIpc) is 3.61. The number of ether oxygens (including phenoxy) is 1. The number of piperidine rings is 1. The zero-order valence-electron chi connectivity index (χ0n) is 26.0. The summed E-state index contributed by atoms with van der Waals surface area (Å²) in [5.41, 5.74) is 7.93. The summed E-state index contributed by atoms with van der Waals surface area (Å²) in [5.74, 6) is 0.375. The molecule has 1 saturated heterocycles. The van der Waals surface area contributed by atoms with Crippen LogP contribution in [0.25, 0.3) is 11.0 Å². The number of fused-ring (bicyclic) bond motifs is 1. The normalized spacial score (nSPS) is 13.6. The summed E-state index contributed by atoms with van der Waals surface area (Å²) >= 11 is 0. The number of urea groups is 1. The maximum Gasteiger partial charge on any atom is 0.317 e. The molecule has 0 atom stereocenters. The second-order valence-electron chi connectivity index (χ2n) is 10.9. The Kier molecular flexibility index (Phi) is 9.45. The number of nitrogens with one attached hydrogen (secondary N) is 2. The van der Waals surface area contributed by atoms with Gasteiger partial charge in [0.2, 0.25) is 17.8 Å². The average molecular weight is 618 g/mol. The highest BCUT2D eigenvalue weighted by Gasteiger charge is 2.26. The van der Waals surface area contributed by atoms with Crippen molar-refractivity contribution in [2.75, 3.05) is 44.0 Å². The Balaban J connectivity index is 1.26. The predicted octanol–water partition coefficient (Wildman–Crippen LogP) is 2.41. The molecule has 0 saturated carbocycles. The van der Waals surface area contributed by atoms with Crippen molar-refractivity contribution < 1.29 is 19.1 Å². The van der Waals surface area contributed by atoms with Crippen LogP contribution in [-0.2, 0) is 13.1 Å². The first-order chi connectivity index (χ1) is 21.7. The molecule has 0 spiro atoms. The number of amides is 4. The molecule has 4 amide bonds. The Hall–Kier alpha value is -5.21. The van der Waals surface area contributed by atoms with E-state index in [-0.39, 0.29) is 29.5 Å². The molecule has 0 radical (unpaired) electrons. The number of nitrogens with two attached hydrogens (primary N) is 1. The molecule has 1 fully saturated rings. The van der Waals surface area contributed by atoms with Crippen LogP contribution in [0.3, 0.4) is 0 Å². The third-order valence-corrected chi connectivity index (χ3v) is 7.97. The number of rotatable bonds is 11. The van der Waals surface area contributed by atoms with Gasteiger partial charge in [-0.25, -0.2) is 19.7 Å². The van der Waals surface area contributed by atoms with Crippen LogP contribution in [0.15, 0.2) is 36.7 Å². The first-order valence-electron chi connectivity index (χ1n) is 15.0. The molecule has 15 nitrogen and oxygen atoms in total. The minimum atomic E-state index is -0.622. The van der Waals surface area contributed by atoms with Crippen LogP contribution < -0.4 is 26.0 Å². The molecule has 4 N–H and O–H groups in total. The fraction of sp³-hybridized carbons (Fsp3) is 0.433. The molecule has 1 aliphatic heterocycles. The van der Waals surface area contributed by atoms with E-state index < -0.39 is 5.91 Å². The highest BCUT2D eigenvalue weighted by atomic mass is 16.5. The van der Waals surface area contributed by atoms with Gasteiger partial charge in [0.15, 0.2) is 0 Å². The van der Waals surface area contributed by atoms with Crippen LogP contribution in [0.4, 0.5) is 16.7 Å². The number of aromatic nitrogens is 6. The largest absolute Gasteiger partial charge is 0.494 e. The summed E-state index contributed by atoms with van der Waals surface area (Å²) in [6.45, 7) is 6.57. The van der Waals surface area contributed by atoms with Crippen molar-refractivity contribution in [3.63, 3.8) is 0 Å².